The monoisotopic (exact) mass is 473 g/mol. The summed E-state index contributed by atoms with van der Waals surface area (Å²) in [6.45, 7) is 0. The third-order valence-electron chi connectivity index (χ3n) is 7.16. The van der Waals surface area contributed by atoms with E-state index in [9.17, 15) is 39.9 Å². The number of hydrogen-bond acceptors (Lipinski definition) is 10. The molecule has 0 bridgehead atoms. The molecule has 7 N–H and O–H groups in total. The van der Waals surface area contributed by atoms with E-state index in [1.807, 2.05) is 0 Å². The Morgan fingerprint density at radius 1 is 1.12 bits per heavy atom. The van der Waals surface area contributed by atoms with Gasteiger partial charge in [-0.2, -0.15) is 0 Å². The number of nitrogens with zero attached hydrogens (tertiary/aromatic N) is 2. The Bertz CT molecular complexity index is 1220. The van der Waals surface area contributed by atoms with Gasteiger partial charge in [-0.05, 0) is 38.4 Å². The number of benzene rings is 1. The molecule has 1 fully saturated rings. The van der Waals surface area contributed by atoms with Crippen LogP contribution in [-0.4, -0.2) is 87.7 Å². The zero-order valence-corrected chi connectivity index (χ0v) is 19.2. The molecule has 4 rings (SSSR count). The van der Waals surface area contributed by atoms with E-state index in [0.717, 1.165) is 0 Å². The molecule has 0 aliphatic heterocycles. The highest BCUT2D eigenvalue weighted by atomic mass is 16.3. The number of aliphatic hydroxyl groups is 3. The standard InChI is InChI=1S/C23H27N3O8/c1-25(2)11-7-12(27)17(28)14-9(11)5-8-6-10-16(26(3)4)19(30)15(22(24)33)21(32)23(10,34)20(31)13(8)18(14)29/h7-8,10,16,27-29,32,34H,5-6H2,1-4H3,(H2,24,33)/t8-,10-,16-,23-/m0/s1. The topological polar surface area (TPSA) is 185 Å². The van der Waals surface area contributed by atoms with E-state index < -0.39 is 69.5 Å². The van der Waals surface area contributed by atoms with Gasteiger partial charge in [0, 0.05) is 37.3 Å². The summed E-state index contributed by atoms with van der Waals surface area (Å²) >= 11 is 0. The molecule has 182 valence electrons. The van der Waals surface area contributed by atoms with Gasteiger partial charge >= 0.3 is 0 Å². The molecule has 0 radical (unpaired) electrons. The molecule has 0 saturated heterocycles. The first kappa shape index (κ1) is 23.6. The lowest BCUT2D eigenvalue weighted by molar-refractivity contribution is -0.153. The molecular formula is C23H27N3O8. The van der Waals surface area contributed by atoms with Gasteiger partial charge in [0.1, 0.15) is 17.1 Å². The molecule has 0 aromatic heterocycles. The molecule has 1 aromatic rings. The number of primary amides is 1. The van der Waals surface area contributed by atoms with Crippen molar-refractivity contribution in [2.75, 3.05) is 33.1 Å². The Morgan fingerprint density at radius 2 is 1.74 bits per heavy atom. The van der Waals surface area contributed by atoms with E-state index in [-0.39, 0.29) is 24.0 Å². The molecule has 11 heteroatoms. The summed E-state index contributed by atoms with van der Waals surface area (Å²) in [6.07, 6.45) is 0.149. The van der Waals surface area contributed by atoms with E-state index >= 15 is 0 Å². The van der Waals surface area contributed by atoms with Crippen molar-refractivity contribution in [2.24, 2.45) is 17.6 Å². The molecule has 1 aromatic carbocycles. The number of amides is 1. The summed E-state index contributed by atoms with van der Waals surface area (Å²) in [5, 5.41) is 54.2. The highest BCUT2D eigenvalue weighted by Gasteiger charge is 2.64. The maximum Gasteiger partial charge on any atom is 0.255 e. The largest absolute Gasteiger partial charge is 0.508 e. The predicted molar refractivity (Wildman–Crippen MR) is 120 cm³/mol. The number of carbonyl (C=O) groups is 3. The first-order valence-corrected chi connectivity index (χ1v) is 10.6. The number of Topliss-reactive ketones (excluding diaryl/α,β-unsaturated/α-hetero) is 2. The second kappa shape index (κ2) is 7.47. The third kappa shape index (κ3) is 2.86. The van der Waals surface area contributed by atoms with Crippen LogP contribution in [0.2, 0.25) is 0 Å². The zero-order chi connectivity index (χ0) is 25.4. The minimum atomic E-state index is -2.69. The van der Waals surface area contributed by atoms with Gasteiger partial charge in [0.25, 0.3) is 5.91 Å². The van der Waals surface area contributed by atoms with Gasteiger partial charge in [0.15, 0.2) is 22.9 Å². The van der Waals surface area contributed by atoms with Gasteiger partial charge in [-0.15, -0.1) is 0 Å². The van der Waals surface area contributed by atoms with Gasteiger partial charge in [-0.1, -0.05) is 0 Å². The minimum absolute atomic E-state index is 0.000267. The van der Waals surface area contributed by atoms with Crippen LogP contribution in [0.3, 0.4) is 0 Å². The number of aliphatic hydroxyl groups excluding tert-OH is 2. The average molecular weight is 473 g/mol. The van der Waals surface area contributed by atoms with Crippen LogP contribution in [0.1, 0.15) is 17.5 Å². The average Bonchev–Trinajstić information content (AvgIpc) is 2.72. The number of carbonyl (C=O) groups excluding carboxylic acids is 3. The summed E-state index contributed by atoms with van der Waals surface area (Å²) in [6, 6.07) is 0.201. The van der Waals surface area contributed by atoms with Crippen LogP contribution < -0.4 is 10.6 Å². The lowest BCUT2D eigenvalue weighted by Gasteiger charge is -2.50. The molecule has 1 amide bonds. The van der Waals surface area contributed by atoms with Crippen molar-refractivity contribution in [3.8, 4) is 11.5 Å². The Labute approximate surface area is 195 Å². The molecule has 4 atom stereocenters. The highest BCUT2D eigenvalue weighted by molar-refractivity contribution is 6.24. The summed E-state index contributed by atoms with van der Waals surface area (Å²) < 4.78 is 0. The van der Waals surface area contributed by atoms with Crippen LogP contribution in [0.25, 0.3) is 5.76 Å². The number of hydrogen-bond donors (Lipinski definition) is 6. The van der Waals surface area contributed by atoms with Crippen LogP contribution >= 0.6 is 0 Å². The van der Waals surface area contributed by atoms with Gasteiger partial charge in [-0.25, -0.2) is 0 Å². The number of aromatic hydroxyl groups is 2. The fourth-order valence-corrected chi connectivity index (χ4v) is 5.68. The third-order valence-corrected chi connectivity index (χ3v) is 7.16. The molecule has 0 heterocycles. The van der Waals surface area contributed by atoms with Crippen LogP contribution in [0.4, 0.5) is 5.69 Å². The van der Waals surface area contributed by atoms with E-state index in [1.54, 1.807) is 33.1 Å². The Balaban J connectivity index is 2.01. The Hall–Kier alpha value is -3.57. The summed E-state index contributed by atoms with van der Waals surface area (Å²) in [5.41, 5.74) is 2.30. The second-order valence-corrected chi connectivity index (χ2v) is 9.47. The Morgan fingerprint density at radius 3 is 2.26 bits per heavy atom. The lowest BCUT2D eigenvalue weighted by Crippen LogP contribution is -2.65. The van der Waals surface area contributed by atoms with E-state index in [4.69, 9.17) is 5.73 Å². The number of fused-ring (bicyclic) bond motifs is 3. The predicted octanol–water partition coefficient (Wildman–Crippen LogP) is -0.264. The van der Waals surface area contributed by atoms with Crippen LogP contribution in [0, 0.1) is 11.8 Å². The lowest BCUT2D eigenvalue weighted by atomic mass is 9.57. The maximum atomic E-state index is 13.7. The first-order chi connectivity index (χ1) is 15.7. The normalized spacial score (nSPS) is 28.6. The van der Waals surface area contributed by atoms with E-state index in [0.29, 0.717) is 11.3 Å². The van der Waals surface area contributed by atoms with Crippen molar-refractivity contribution in [3.05, 3.63) is 34.1 Å². The number of nitrogens with two attached hydrogens (primary N) is 1. The van der Waals surface area contributed by atoms with Gasteiger partial charge in [0.05, 0.1) is 11.6 Å². The maximum absolute atomic E-state index is 13.7. The molecule has 11 nitrogen and oxygen atoms in total. The van der Waals surface area contributed by atoms with E-state index in [1.165, 1.54) is 11.0 Å². The van der Waals surface area contributed by atoms with Crippen molar-refractivity contribution in [2.45, 2.75) is 24.5 Å². The fraction of sp³-hybridized carbons (Fsp3) is 0.435. The molecule has 3 aliphatic carbocycles. The van der Waals surface area contributed by atoms with Crippen LogP contribution in [-0.2, 0) is 20.8 Å². The van der Waals surface area contributed by atoms with Crippen molar-refractivity contribution in [1.29, 1.82) is 0 Å². The number of rotatable bonds is 3. The zero-order valence-electron chi connectivity index (χ0n) is 19.2. The SMILES string of the molecule is CN(C)c1cc(O)c(O)c2c1C[C@H]1C[C@H]3[C@H](N(C)C)C(=O)C(C(N)=O)=C(O)[C@@]3(O)C(=O)C1=C2O. The van der Waals surface area contributed by atoms with Crippen LogP contribution in [0.15, 0.2) is 23.0 Å². The number of phenolic OH excluding ortho intramolecular Hbond substituents is 2. The number of likely N-dealkylation sites (N-methyl/N-ethyl adjacent to an activating group) is 1. The minimum Gasteiger partial charge on any atom is -0.508 e. The molecule has 1 saturated carbocycles. The van der Waals surface area contributed by atoms with Crippen molar-refractivity contribution in [3.63, 3.8) is 0 Å². The van der Waals surface area contributed by atoms with E-state index in [2.05, 4.69) is 0 Å². The van der Waals surface area contributed by atoms with Crippen molar-refractivity contribution >= 4 is 28.9 Å². The quantitative estimate of drug-likeness (QED) is 0.252. The molecule has 34 heavy (non-hydrogen) atoms. The number of ketones is 2. The summed E-state index contributed by atoms with van der Waals surface area (Å²) in [5.74, 6) is -7.93. The summed E-state index contributed by atoms with van der Waals surface area (Å²) in [7, 11) is 6.50. The smallest absolute Gasteiger partial charge is 0.255 e. The molecule has 0 spiro atoms. The second-order valence-electron chi connectivity index (χ2n) is 9.47. The fourth-order valence-electron chi connectivity index (χ4n) is 5.68. The first-order valence-electron chi connectivity index (χ1n) is 10.6. The Kier molecular flexibility index (Phi) is 5.18. The van der Waals surface area contributed by atoms with Crippen molar-refractivity contribution < 1.29 is 39.9 Å². The van der Waals surface area contributed by atoms with Gasteiger partial charge in [-0.3, -0.25) is 19.3 Å². The number of phenols is 2. The molecular weight excluding hydrogens is 446 g/mol. The van der Waals surface area contributed by atoms with Crippen molar-refractivity contribution in [1.82, 2.24) is 4.90 Å². The van der Waals surface area contributed by atoms with Gasteiger partial charge < -0.3 is 36.2 Å². The molecule has 3 aliphatic rings. The van der Waals surface area contributed by atoms with Gasteiger partial charge in [0.2, 0.25) is 5.78 Å². The number of anilines is 1. The molecule has 0 unspecified atom stereocenters. The highest BCUT2D eigenvalue weighted by Crippen LogP contribution is 2.54. The van der Waals surface area contributed by atoms with Crippen LogP contribution in [0.5, 0.6) is 11.5 Å². The summed E-state index contributed by atoms with van der Waals surface area (Å²) in [4.78, 5) is 41.9.